The van der Waals surface area contributed by atoms with Crippen LogP contribution in [-0.4, -0.2) is 38.0 Å². The van der Waals surface area contributed by atoms with Crippen LogP contribution in [0.2, 0.25) is 5.02 Å². The maximum atomic E-state index is 11.3. The quantitative estimate of drug-likeness (QED) is 0.847. The Balaban J connectivity index is 2.19. The molecule has 7 heteroatoms. The summed E-state index contributed by atoms with van der Waals surface area (Å²) in [7, 11) is -2.87. The molecule has 2 heterocycles. The second-order valence-corrected chi connectivity index (χ2v) is 6.69. The SMILES string of the molecule is NCc1cc(N2CCS(=O)(=O)CC2)ncc1Cl. The van der Waals surface area contributed by atoms with E-state index in [0.29, 0.717) is 24.7 Å². The number of nitrogens with zero attached hydrogens (tertiary/aromatic N) is 2. The first-order chi connectivity index (χ1) is 8.02. The smallest absolute Gasteiger partial charge is 0.153 e. The third-order valence-electron chi connectivity index (χ3n) is 2.81. The lowest BCUT2D eigenvalue weighted by Gasteiger charge is -2.28. The van der Waals surface area contributed by atoms with Gasteiger partial charge in [-0.25, -0.2) is 13.4 Å². The molecular formula is C10H14ClN3O2S. The van der Waals surface area contributed by atoms with Crippen molar-refractivity contribution >= 4 is 27.3 Å². The van der Waals surface area contributed by atoms with Crippen LogP contribution in [0.5, 0.6) is 0 Å². The van der Waals surface area contributed by atoms with E-state index in [0.717, 1.165) is 11.4 Å². The number of nitrogens with two attached hydrogens (primary N) is 1. The highest BCUT2D eigenvalue weighted by atomic mass is 35.5. The van der Waals surface area contributed by atoms with E-state index in [1.807, 2.05) is 11.0 Å². The Labute approximate surface area is 105 Å². The number of anilines is 1. The molecule has 0 radical (unpaired) electrons. The van der Waals surface area contributed by atoms with Crippen LogP contribution in [0.1, 0.15) is 5.56 Å². The molecule has 0 amide bonds. The number of rotatable bonds is 2. The van der Waals surface area contributed by atoms with E-state index in [9.17, 15) is 8.42 Å². The molecule has 17 heavy (non-hydrogen) atoms. The van der Waals surface area contributed by atoms with Crippen molar-refractivity contribution in [2.75, 3.05) is 29.5 Å². The zero-order chi connectivity index (χ0) is 12.5. The summed E-state index contributed by atoms with van der Waals surface area (Å²) >= 11 is 5.92. The third kappa shape index (κ3) is 2.88. The Hall–Kier alpha value is -0.850. The van der Waals surface area contributed by atoms with Gasteiger partial charge >= 0.3 is 0 Å². The van der Waals surface area contributed by atoms with Crippen LogP contribution in [0.4, 0.5) is 5.82 Å². The summed E-state index contributed by atoms with van der Waals surface area (Å²) < 4.78 is 22.6. The van der Waals surface area contributed by atoms with Crippen LogP contribution in [0.15, 0.2) is 12.3 Å². The molecule has 0 aromatic carbocycles. The van der Waals surface area contributed by atoms with Gasteiger partial charge in [0.1, 0.15) is 5.82 Å². The Morgan fingerprint density at radius 3 is 2.65 bits per heavy atom. The van der Waals surface area contributed by atoms with Gasteiger partial charge in [-0.3, -0.25) is 0 Å². The van der Waals surface area contributed by atoms with Crippen molar-refractivity contribution < 1.29 is 8.42 Å². The number of pyridine rings is 1. The normalized spacial score (nSPS) is 19.3. The zero-order valence-corrected chi connectivity index (χ0v) is 10.8. The first-order valence-corrected chi connectivity index (χ1v) is 7.51. The van der Waals surface area contributed by atoms with Gasteiger partial charge in [0.2, 0.25) is 0 Å². The van der Waals surface area contributed by atoms with E-state index in [1.165, 1.54) is 0 Å². The minimum absolute atomic E-state index is 0.176. The summed E-state index contributed by atoms with van der Waals surface area (Å²) in [5.74, 6) is 1.09. The van der Waals surface area contributed by atoms with Gasteiger partial charge in [0, 0.05) is 25.8 Å². The lowest BCUT2D eigenvalue weighted by Crippen LogP contribution is -2.40. The largest absolute Gasteiger partial charge is 0.355 e. The van der Waals surface area contributed by atoms with Crippen molar-refractivity contribution in [1.82, 2.24) is 4.98 Å². The van der Waals surface area contributed by atoms with Crippen molar-refractivity contribution in [3.05, 3.63) is 22.8 Å². The van der Waals surface area contributed by atoms with Crippen molar-refractivity contribution in [3.8, 4) is 0 Å². The molecule has 0 atom stereocenters. The molecule has 1 saturated heterocycles. The van der Waals surface area contributed by atoms with Crippen LogP contribution in [0, 0.1) is 0 Å². The molecule has 1 aliphatic heterocycles. The molecular weight excluding hydrogens is 262 g/mol. The lowest BCUT2D eigenvalue weighted by molar-refractivity contribution is 0.586. The van der Waals surface area contributed by atoms with Gasteiger partial charge in [-0.15, -0.1) is 0 Å². The molecule has 2 rings (SSSR count). The summed E-state index contributed by atoms with van der Waals surface area (Å²) in [5.41, 5.74) is 6.39. The van der Waals surface area contributed by atoms with E-state index in [1.54, 1.807) is 6.20 Å². The molecule has 0 unspecified atom stereocenters. The van der Waals surface area contributed by atoms with Crippen molar-refractivity contribution in [2.45, 2.75) is 6.54 Å². The van der Waals surface area contributed by atoms with E-state index in [2.05, 4.69) is 4.98 Å². The van der Waals surface area contributed by atoms with Crippen LogP contribution in [-0.2, 0) is 16.4 Å². The number of sulfone groups is 1. The highest BCUT2D eigenvalue weighted by Gasteiger charge is 2.22. The zero-order valence-electron chi connectivity index (χ0n) is 9.26. The predicted octanol–water partition coefficient (Wildman–Crippen LogP) is 0.429. The first kappa shape index (κ1) is 12.6. The van der Waals surface area contributed by atoms with E-state index < -0.39 is 9.84 Å². The molecule has 0 aliphatic carbocycles. The highest BCUT2D eigenvalue weighted by molar-refractivity contribution is 7.91. The standard InChI is InChI=1S/C10H14ClN3O2S/c11-9-7-13-10(5-8(9)6-12)14-1-3-17(15,16)4-2-14/h5,7H,1-4,6,12H2. The fourth-order valence-electron chi connectivity index (χ4n) is 1.74. The molecule has 0 saturated carbocycles. The van der Waals surface area contributed by atoms with Crippen LogP contribution in [0.25, 0.3) is 0 Å². The number of hydrogen-bond acceptors (Lipinski definition) is 5. The lowest BCUT2D eigenvalue weighted by atomic mass is 10.2. The maximum Gasteiger partial charge on any atom is 0.153 e. The van der Waals surface area contributed by atoms with Crippen molar-refractivity contribution in [2.24, 2.45) is 5.73 Å². The van der Waals surface area contributed by atoms with Gasteiger partial charge in [0.25, 0.3) is 0 Å². The van der Waals surface area contributed by atoms with Crippen LogP contribution < -0.4 is 10.6 Å². The molecule has 0 bridgehead atoms. The molecule has 1 aromatic heterocycles. The van der Waals surface area contributed by atoms with Gasteiger partial charge in [0.15, 0.2) is 9.84 Å². The average Bonchev–Trinajstić information content (AvgIpc) is 2.30. The minimum Gasteiger partial charge on any atom is -0.355 e. The maximum absolute atomic E-state index is 11.3. The monoisotopic (exact) mass is 275 g/mol. The van der Waals surface area contributed by atoms with Gasteiger partial charge in [-0.2, -0.15) is 0 Å². The minimum atomic E-state index is -2.87. The molecule has 1 fully saturated rings. The first-order valence-electron chi connectivity index (χ1n) is 5.32. The third-order valence-corrected chi connectivity index (χ3v) is 4.76. The van der Waals surface area contributed by atoms with Crippen LogP contribution >= 0.6 is 11.6 Å². The van der Waals surface area contributed by atoms with Crippen LogP contribution in [0.3, 0.4) is 0 Å². The average molecular weight is 276 g/mol. The number of hydrogen-bond donors (Lipinski definition) is 1. The Kier molecular flexibility index (Phi) is 3.56. The Morgan fingerprint density at radius 2 is 2.06 bits per heavy atom. The summed E-state index contributed by atoms with van der Waals surface area (Å²) in [6, 6.07) is 1.82. The van der Waals surface area contributed by atoms with Gasteiger partial charge in [-0.1, -0.05) is 11.6 Å². The second-order valence-electron chi connectivity index (χ2n) is 3.98. The van der Waals surface area contributed by atoms with Gasteiger partial charge < -0.3 is 10.6 Å². The molecule has 0 spiro atoms. The van der Waals surface area contributed by atoms with Crippen molar-refractivity contribution in [3.63, 3.8) is 0 Å². The molecule has 5 nitrogen and oxygen atoms in total. The molecule has 1 aliphatic rings. The number of aromatic nitrogens is 1. The van der Waals surface area contributed by atoms with Crippen molar-refractivity contribution in [1.29, 1.82) is 0 Å². The molecule has 94 valence electrons. The Bertz CT molecular complexity index is 504. The predicted molar refractivity (Wildman–Crippen MR) is 68.0 cm³/mol. The summed E-state index contributed by atoms with van der Waals surface area (Å²) in [6.45, 7) is 1.29. The highest BCUT2D eigenvalue weighted by Crippen LogP contribution is 2.21. The number of halogens is 1. The topological polar surface area (TPSA) is 76.3 Å². The second kappa shape index (κ2) is 4.80. The molecule has 1 aromatic rings. The molecule has 2 N–H and O–H groups in total. The van der Waals surface area contributed by atoms with E-state index in [4.69, 9.17) is 17.3 Å². The Morgan fingerprint density at radius 1 is 1.41 bits per heavy atom. The summed E-state index contributed by atoms with van der Waals surface area (Å²) in [6.07, 6.45) is 1.56. The summed E-state index contributed by atoms with van der Waals surface area (Å²) in [5, 5.41) is 0.542. The van der Waals surface area contributed by atoms with E-state index in [-0.39, 0.29) is 11.5 Å². The van der Waals surface area contributed by atoms with E-state index >= 15 is 0 Å². The van der Waals surface area contributed by atoms with Gasteiger partial charge in [0.05, 0.1) is 16.5 Å². The fraction of sp³-hybridized carbons (Fsp3) is 0.500. The summed E-state index contributed by atoms with van der Waals surface area (Å²) in [4.78, 5) is 6.14. The van der Waals surface area contributed by atoms with Gasteiger partial charge in [-0.05, 0) is 11.6 Å². The fourth-order valence-corrected chi connectivity index (χ4v) is 3.12.